The summed E-state index contributed by atoms with van der Waals surface area (Å²) < 4.78 is 40.4. The molecular formula is C19H16FN3O2S. The molecule has 3 rings (SSSR count). The lowest BCUT2D eigenvalue weighted by Crippen LogP contribution is -2.10. The summed E-state index contributed by atoms with van der Waals surface area (Å²) in [6.45, 7) is 1.80. The third kappa shape index (κ3) is 3.11. The van der Waals surface area contributed by atoms with E-state index in [0.717, 1.165) is 6.26 Å². The summed E-state index contributed by atoms with van der Waals surface area (Å²) in [5.74, 6) is -0.437. The lowest BCUT2D eigenvalue weighted by Gasteiger charge is -2.15. The molecule has 0 bridgehead atoms. The topological polar surface area (TPSA) is 75.8 Å². The predicted molar refractivity (Wildman–Crippen MR) is 96.2 cm³/mol. The maximum absolute atomic E-state index is 15.2. The summed E-state index contributed by atoms with van der Waals surface area (Å²) >= 11 is 0. The van der Waals surface area contributed by atoms with Crippen molar-refractivity contribution in [3.8, 4) is 22.9 Å². The molecule has 0 radical (unpaired) electrons. The lowest BCUT2D eigenvalue weighted by molar-refractivity contribution is 0.588. The molecule has 2 aromatic carbocycles. The average Bonchev–Trinajstić information content (AvgIpc) is 3.11. The first kappa shape index (κ1) is 17.8. The van der Waals surface area contributed by atoms with Gasteiger partial charge in [-0.3, -0.25) is 4.57 Å². The van der Waals surface area contributed by atoms with E-state index in [-0.39, 0.29) is 5.16 Å². The third-order valence-corrected chi connectivity index (χ3v) is 5.04. The van der Waals surface area contributed by atoms with Crippen LogP contribution in [0.4, 0.5) is 4.39 Å². The molecule has 5 nitrogen and oxygen atoms in total. The molecule has 26 heavy (non-hydrogen) atoms. The second-order valence-corrected chi connectivity index (χ2v) is 7.73. The normalized spacial score (nSPS) is 11.3. The van der Waals surface area contributed by atoms with Crippen LogP contribution >= 0.6 is 0 Å². The maximum atomic E-state index is 15.2. The van der Waals surface area contributed by atoms with E-state index in [4.69, 9.17) is 5.26 Å². The van der Waals surface area contributed by atoms with Crippen LogP contribution in [0.2, 0.25) is 0 Å². The molecule has 0 atom stereocenters. The highest BCUT2D eigenvalue weighted by Crippen LogP contribution is 2.31. The van der Waals surface area contributed by atoms with E-state index in [1.54, 1.807) is 43.3 Å². The fraction of sp³-hybridized carbons (Fsp3) is 0.158. The molecule has 7 heteroatoms. The highest BCUT2D eigenvalue weighted by atomic mass is 32.2. The van der Waals surface area contributed by atoms with Gasteiger partial charge in [0.05, 0.1) is 17.3 Å². The third-order valence-electron chi connectivity index (χ3n) is 4.07. The van der Waals surface area contributed by atoms with Gasteiger partial charge in [-0.05, 0) is 36.2 Å². The van der Waals surface area contributed by atoms with Crippen molar-refractivity contribution in [1.82, 2.24) is 9.55 Å². The second kappa shape index (κ2) is 6.73. The van der Waals surface area contributed by atoms with Gasteiger partial charge < -0.3 is 0 Å². The van der Waals surface area contributed by atoms with Crippen LogP contribution in [-0.2, 0) is 16.3 Å². The minimum atomic E-state index is -3.55. The number of sulfone groups is 1. The van der Waals surface area contributed by atoms with E-state index in [0.29, 0.717) is 34.4 Å². The summed E-state index contributed by atoms with van der Waals surface area (Å²) in [5.41, 5.74) is 2.22. The van der Waals surface area contributed by atoms with Gasteiger partial charge in [0.25, 0.3) is 0 Å². The van der Waals surface area contributed by atoms with Crippen molar-refractivity contribution in [2.24, 2.45) is 0 Å². The highest BCUT2D eigenvalue weighted by molar-refractivity contribution is 7.90. The molecule has 3 aromatic rings. The fourth-order valence-electron chi connectivity index (χ4n) is 2.90. The number of imidazole rings is 1. The van der Waals surface area contributed by atoms with Gasteiger partial charge in [0.2, 0.25) is 15.0 Å². The SMILES string of the molecule is CCc1c(-n2ccnc2S(C)(=O)=O)ccc(-c2cccc(C#N)c2)c1F. The van der Waals surface area contributed by atoms with Crippen LogP contribution in [0.1, 0.15) is 18.1 Å². The summed E-state index contributed by atoms with van der Waals surface area (Å²) in [4.78, 5) is 3.89. The van der Waals surface area contributed by atoms with Gasteiger partial charge in [-0.2, -0.15) is 5.26 Å². The first-order chi connectivity index (χ1) is 12.4. The van der Waals surface area contributed by atoms with Crippen molar-refractivity contribution in [2.75, 3.05) is 6.26 Å². The minimum absolute atomic E-state index is 0.133. The Bertz CT molecular complexity index is 1130. The van der Waals surface area contributed by atoms with Crippen LogP contribution in [-0.4, -0.2) is 24.2 Å². The van der Waals surface area contributed by atoms with Crippen molar-refractivity contribution in [3.63, 3.8) is 0 Å². The Balaban J connectivity index is 2.22. The second-order valence-electron chi connectivity index (χ2n) is 5.82. The van der Waals surface area contributed by atoms with E-state index in [1.807, 2.05) is 6.07 Å². The molecule has 0 saturated carbocycles. The first-order valence-electron chi connectivity index (χ1n) is 7.92. The van der Waals surface area contributed by atoms with Crippen molar-refractivity contribution < 1.29 is 12.8 Å². The number of rotatable bonds is 4. The molecule has 1 aromatic heterocycles. The van der Waals surface area contributed by atoms with E-state index >= 15 is 4.39 Å². The van der Waals surface area contributed by atoms with E-state index in [9.17, 15) is 8.42 Å². The number of hydrogen-bond acceptors (Lipinski definition) is 4. The zero-order valence-electron chi connectivity index (χ0n) is 14.3. The van der Waals surface area contributed by atoms with E-state index in [1.165, 1.54) is 17.0 Å². The zero-order chi connectivity index (χ0) is 18.9. The summed E-state index contributed by atoms with van der Waals surface area (Å²) in [7, 11) is -3.55. The molecule has 0 unspecified atom stereocenters. The summed E-state index contributed by atoms with van der Waals surface area (Å²) in [5, 5.41) is 8.91. The van der Waals surface area contributed by atoms with Gasteiger partial charge in [-0.1, -0.05) is 19.1 Å². The minimum Gasteiger partial charge on any atom is -0.290 e. The molecule has 0 spiro atoms. The molecule has 0 fully saturated rings. The van der Waals surface area contributed by atoms with Crippen LogP contribution < -0.4 is 0 Å². The van der Waals surface area contributed by atoms with E-state index < -0.39 is 15.7 Å². The maximum Gasteiger partial charge on any atom is 0.231 e. The van der Waals surface area contributed by atoms with Crippen molar-refractivity contribution in [3.05, 3.63) is 65.7 Å². The summed E-state index contributed by atoms with van der Waals surface area (Å²) in [6.07, 6.45) is 4.31. The van der Waals surface area contributed by atoms with E-state index in [2.05, 4.69) is 4.98 Å². The molecule has 132 valence electrons. The molecule has 0 N–H and O–H groups in total. The molecular weight excluding hydrogens is 353 g/mol. The van der Waals surface area contributed by atoms with Gasteiger partial charge in [0, 0.05) is 29.8 Å². The Morgan fingerprint density at radius 1 is 1.27 bits per heavy atom. The monoisotopic (exact) mass is 369 g/mol. The molecule has 0 saturated heterocycles. The Kier molecular flexibility index (Phi) is 4.62. The number of benzene rings is 2. The van der Waals surface area contributed by atoms with Crippen molar-refractivity contribution in [2.45, 2.75) is 18.5 Å². The molecule has 1 heterocycles. The van der Waals surface area contributed by atoms with Gasteiger partial charge in [-0.25, -0.2) is 17.8 Å². The van der Waals surface area contributed by atoms with Crippen LogP contribution in [0.15, 0.2) is 53.9 Å². The Morgan fingerprint density at radius 3 is 2.69 bits per heavy atom. The number of aromatic nitrogens is 2. The Morgan fingerprint density at radius 2 is 2.04 bits per heavy atom. The van der Waals surface area contributed by atoms with Crippen molar-refractivity contribution in [1.29, 1.82) is 5.26 Å². The number of hydrogen-bond donors (Lipinski definition) is 0. The van der Waals surface area contributed by atoms with Crippen LogP contribution in [0, 0.1) is 17.1 Å². The first-order valence-corrected chi connectivity index (χ1v) is 9.81. The molecule has 0 aliphatic carbocycles. The quantitative estimate of drug-likeness (QED) is 0.705. The van der Waals surface area contributed by atoms with Gasteiger partial charge >= 0.3 is 0 Å². The Hall–Kier alpha value is -2.98. The van der Waals surface area contributed by atoms with Crippen LogP contribution in [0.25, 0.3) is 16.8 Å². The molecule has 0 aliphatic rings. The lowest BCUT2D eigenvalue weighted by atomic mass is 9.98. The van der Waals surface area contributed by atoms with Crippen molar-refractivity contribution >= 4 is 9.84 Å². The molecule has 0 amide bonds. The van der Waals surface area contributed by atoms with Gasteiger partial charge in [0.1, 0.15) is 5.82 Å². The Labute approximate surface area is 151 Å². The number of halogens is 1. The highest BCUT2D eigenvalue weighted by Gasteiger charge is 2.20. The van der Waals surface area contributed by atoms with Gasteiger partial charge in [-0.15, -0.1) is 0 Å². The predicted octanol–water partition coefficient (Wildman–Crippen LogP) is 3.52. The van der Waals surface area contributed by atoms with Crippen LogP contribution in [0.5, 0.6) is 0 Å². The largest absolute Gasteiger partial charge is 0.290 e. The smallest absolute Gasteiger partial charge is 0.231 e. The number of nitrogens with zero attached hydrogens (tertiary/aromatic N) is 3. The standard InChI is InChI=1S/C19H16FN3O2S/c1-3-15-17(23-10-9-22-19(23)26(2,24)25)8-7-16(18(15)20)14-6-4-5-13(11-14)12-21/h4-11H,3H2,1-2H3. The average molecular weight is 369 g/mol. The zero-order valence-corrected chi connectivity index (χ0v) is 15.1. The molecule has 0 aliphatic heterocycles. The van der Waals surface area contributed by atoms with Crippen LogP contribution in [0.3, 0.4) is 0 Å². The van der Waals surface area contributed by atoms with Gasteiger partial charge in [0.15, 0.2) is 0 Å². The fourth-order valence-corrected chi connectivity index (χ4v) is 3.67. The number of nitriles is 1. The summed E-state index contributed by atoms with van der Waals surface area (Å²) in [6, 6.07) is 12.0.